The summed E-state index contributed by atoms with van der Waals surface area (Å²) < 4.78 is 0. The largest absolute Gasteiger partial charge is 0.357 e. The zero-order valence-electron chi connectivity index (χ0n) is 16.6. The van der Waals surface area contributed by atoms with Crippen LogP contribution in [0.2, 0.25) is 0 Å². The highest BCUT2D eigenvalue weighted by Gasteiger charge is 2.14. The molecule has 0 unspecified atom stereocenters. The third kappa shape index (κ3) is 6.70. The Labute approximate surface area is 158 Å². The summed E-state index contributed by atoms with van der Waals surface area (Å²) >= 11 is 0. The van der Waals surface area contributed by atoms with Gasteiger partial charge in [0.2, 0.25) is 0 Å². The van der Waals surface area contributed by atoms with Crippen molar-refractivity contribution < 1.29 is 4.79 Å². The molecule has 0 bridgehead atoms. The highest BCUT2D eigenvalue weighted by molar-refractivity contribution is 5.93. The van der Waals surface area contributed by atoms with Gasteiger partial charge >= 0.3 is 0 Å². The summed E-state index contributed by atoms with van der Waals surface area (Å²) in [5.41, 5.74) is 1.81. The lowest BCUT2D eigenvalue weighted by Crippen LogP contribution is -2.37. The van der Waals surface area contributed by atoms with Crippen molar-refractivity contribution in [1.29, 1.82) is 0 Å². The van der Waals surface area contributed by atoms with Gasteiger partial charge in [-0.15, -0.1) is 0 Å². The zero-order valence-corrected chi connectivity index (χ0v) is 16.6. The van der Waals surface area contributed by atoms with Gasteiger partial charge in [-0.2, -0.15) is 0 Å². The molecule has 1 aliphatic carbocycles. The SMILES string of the molecule is CCNC(=NCc1ccc(C(=O)N(C)C)cc1)NCCCC1CCCC1. The highest BCUT2D eigenvalue weighted by Crippen LogP contribution is 2.28. The van der Waals surface area contributed by atoms with Crippen molar-refractivity contribution in [2.45, 2.75) is 52.0 Å². The molecule has 1 aromatic carbocycles. The maximum atomic E-state index is 11.9. The van der Waals surface area contributed by atoms with Crippen LogP contribution in [0.3, 0.4) is 0 Å². The van der Waals surface area contributed by atoms with Crippen molar-refractivity contribution in [3.8, 4) is 0 Å². The Bertz CT molecular complexity index is 574. The van der Waals surface area contributed by atoms with Gasteiger partial charge in [0.05, 0.1) is 6.54 Å². The molecule has 5 nitrogen and oxygen atoms in total. The first-order valence-electron chi connectivity index (χ1n) is 9.93. The lowest BCUT2D eigenvalue weighted by molar-refractivity contribution is 0.0827. The molecule has 1 aromatic rings. The molecule has 2 N–H and O–H groups in total. The number of guanidine groups is 1. The van der Waals surface area contributed by atoms with Crippen molar-refractivity contribution in [1.82, 2.24) is 15.5 Å². The number of nitrogens with one attached hydrogen (secondary N) is 2. The van der Waals surface area contributed by atoms with Crippen LogP contribution in [0.1, 0.15) is 61.4 Å². The maximum Gasteiger partial charge on any atom is 0.253 e. The van der Waals surface area contributed by atoms with E-state index in [2.05, 4.69) is 22.5 Å². The first kappa shape index (κ1) is 20.3. The van der Waals surface area contributed by atoms with Gasteiger partial charge in [-0.1, -0.05) is 37.8 Å². The number of hydrogen-bond donors (Lipinski definition) is 2. The second-order valence-electron chi connectivity index (χ2n) is 7.31. The fourth-order valence-corrected chi connectivity index (χ4v) is 3.42. The number of carbonyl (C=O) groups is 1. The Morgan fingerprint density at radius 1 is 1.15 bits per heavy atom. The Morgan fingerprint density at radius 3 is 2.46 bits per heavy atom. The van der Waals surface area contributed by atoms with Crippen LogP contribution in [-0.2, 0) is 6.54 Å². The fraction of sp³-hybridized carbons (Fsp3) is 0.619. The molecular weight excluding hydrogens is 324 g/mol. The van der Waals surface area contributed by atoms with Crippen molar-refractivity contribution in [2.75, 3.05) is 27.2 Å². The van der Waals surface area contributed by atoms with Crippen LogP contribution in [0.25, 0.3) is 0 Å². The number of amides is 1. The standard InChI is InChI=1S/C21H34N4O/c1-4-22-21(23-15-7-10-17-8-5-6-9-17)24-16-18-11-13-19(14-12-18)20(26)25(2)3/h11-14,17H,4-10,15-16H2,1-3H3,(H2,22,23,24). The van der Waals surface area contributed by atoms with E-state index in [1.165, 1.54) is 38.5 Å². The molecular formula is C21H34N4O. The number of rotatable bonds is 8. The smallest absolute Gasteiger partial charge is 0.253 e. The summed E-state index contributed by atoms with van der Waals surface area (Å²) in [7, 11) is 3.53. The average Bonchev–Trinajstić information content (AvgIpc) is 3.16. The van der Waals surface area contributed by atoms with Gasteiger partial charge in [-0.3, -0.25) is 4.79 Å². The van der Waals surface area contributed by atoms with Crippen LogP contribution in [0, 0.1) is 5.92 Å². The Kier molecular flexibility index (Phi) is 8.45. The molecule has 0 radical (unpaired) electrons. The molecule has 2 rings (SSSR count). The molecule has 1 aliphatic rings. The molecule has 0 atom stereocenters. The van der Waals surface area contributed by atoms with Crippen molar-refractivity contribution in [3.05, 3.63) is 35.4 Å². The van der Waals surface area contributed by atoms with Crippen LogP contribution in [0.4, 0.5) is 0 Å². The highest BCUT2D eigenvalue weighted by atomic mass is 16.2. The minimum absolute atomic E-state index is 0.0253. The molecule has 5 heteroatoms. The third-order valence-corrected chi connectivity index (χ3v) is 4.93. The van der Waals surface area contributed by atoms with E-state index in [4.69, 9.17) is 0 Å². The molecule has 0 spiro atoms. The van der Waals surface area contributed by atoms with E-state index in [0.29, 0.717) is 12.1 Å². The second kappa shape index (κ2) is 10.8. The van der Waals surface area contributed by atoms with Gasteiger partial charge in [-0.25, -0.2) is 4.99 Å². The average molecular weight is 359 g/mol. The summed E-state index contributed by atoms with van der Waals surface area (Å²) in [6.45, 7) is 4.51. The van der Waals surface area contributed by atoms with Crippen molar-refractivity contribution in [3.63, 3.8) is 0 Å². The fourth-order valence-electron chi connectivity index (χ4n) is 3.42. The molecule has 0 heterocycles. The van der Waals surface area contributed by atoms with E-state index in [1.54, 1.807) is 19.0 Å². The maximum absolute atomic E-state index is 11.9. The van der Waals surface area contributed by atoms with Crippen LogP contribution in [0.15, 0.2) is 29.3 Å². The number of benzene rings is 1. The number of aliphatic imine (C=N–C) groups is 1. The van der Waals surface area contributed by atoms with E-state index in [9.17, 15) is 4.79 Å². The van der Waals surface area contributed by atoms with Gasteiger partial charge in [0.1, 0.15) is 0 Å². The van der Waals surface area contributed by atoms with Crippen LogP contribution >= 0.6 is 0 Å². The van der Waals surface area contributed by atoms with Crippen LogP contribution < -0.4 is 10.6 Å². The second-order valence-corrected chi connectivity index (χ2v) is 7.31. The van der Waals surface area contributed by atoms with Crippen LogP contribution in [-0.4, -0.2) is 44.0 Å². The summed E-state index contributed by atoms with van der Waals surface area (Å²) in [5.74, 6) is 1.84. The summed E-state index contributed by atoms with van der Waals surface area (Å²) in [4.78, 5) is 18.2. The topological polar surface area (TPSA) is 56.7 Å². The van der Waals surface area contributed by atoms with Gasteiger partial charge in [0.15, 0.2) is 5.96 Å². The zero-order chi connectivity index (χ0) is 18.8. The lowest BCUT2D eigenvalue weighted by atomic mass is 10.0. The molecule has 26 heavy (non-hydrogen) atoms. The minimum atomic E-state index is 0.0253. The number of carbonyl (C=O) groups excluding carboxylic acids is 1. The molecule has 0 saturated heterocycles. The molecule has 1 fully saturated rings. The third-order valence-electron chi connectivity index (χ3n) is 4.93. The Morgan fingerprint density at radius 2 is 1.85 bits per heavy atom. The first-order chi connectivity index (χ1) is 12.6. The first-order valence-corrected chi connectivity index (χ1v) is 9.93. The summed E-state index contributed by atoms with van der Waals surface area (Å²) in [6.07, 6.45) is 8.20. The normalized spacial score (nSPS) is 15.1. The minimum Gasteiger partial charge on any atom is -0.357 e. The Hall–Kier alpha value is -2.04. The van der Waals surface area contributed by atoms with Gasteiger partial charge in [0, 0.05) is 32.7 Å². The van der Waals surface area contributed by atoms with Gasteiger partial charge in [-0.05, 0) is 43.4 Å². The lowest BCUT2D eigenvalue weighted by Gasteiger charge is -2.13. The van der Waals surface area contributed by atoms with E-state index in [-0.39, 0.29) is 5.91 Å². The van der Waals surface area contributed by atoms with Gasteiger partial charge < -0.3 is 15.5 Å². The van der Waals surface area contributed by atoms with E-state index in [0.717, 1.165) is 30.5 Å². The number of nitrogens with zero attached hydrogens (tertiary/aromatic N) is 2. The molecule has 0 aromatic heterocycles. The molecule has 1 amide bonds. The van der Waals surface area contributed by atoms with Crippen LogP contribution in [0.5, 0.6) is 0 Å². The molecule has 1 saturated carbocycles. The monoisotopic (exact) mass is 358 g/mol. The number of hydrogen-bond acceptors (Lipinski definition) is 2. The molecule has 144 valence electrons. The predicted octanol–water partition coefficient (Wildman–Crippen LogP) is 3.41. The van der Waals surface area contributed by atoms with Crippen molar-refractivity contribution >= 4 is 11.9 Å². The van der Waals surface area contributed by atoms with E-state index in [1.807, 2.05) is 24.3 Å². The quantitative estimate of drug-likeness (QED) is 0.425. The Balaban J connectivity index is 1.80. The van der Waals surface area contributed by atoms with E-state index >= 15 is 0 Å². The van der Waals surface area contributed by atoms with Gasteiger partial charge in [0.25, 0.3) is 5.91 Å². The van der Waals surface area contributed by atoms with E-state index < -0.39 is 0 Å². The van der Waals surface area contributed by atoms with Crippen molar-refractivity contribution in [2.24, 2.45) is 10.9 Å². The predicted molar refractivity (Wildman–Crippen MR) is 108 cm³/mol. The summed E-state index contributed by atoms with van der Waals surface area (Å²) in [5, 5.41) is 6.74. The molecule has 0 aliphatic heterocycles. The summed E-state index contributed by atoms with van der Waals surface area (Å²) in [6, 6.07) is 7.69.